The second-order valence-corrected chi connectivity index (χ2v) is 10.9. The topological polar surface area (TPSA) is 83.5 Å². The van der Waals surface area contributed by atoms with Crippen molar-refractivity contribution in [3.8, 4) is 0 Å². The van der Waals surface area contributed by atoms with E-state index in [0.717, 1.165) is 11.4 Å². The first kappa shape index (κ1) is 21.1. The third-order valence-corrected chi connectivity index (χ3v) is 6.98. The Kier molecular flexibility index (Phi) is 8.33. The van der Waals surface area contributed by atoms with Crippen molar-refractivity contribution in [2.45, 2.75) is 83.2 Å². The molecule has 0 bridgehead atoms. The molecule has 7 nitrogen and oxygen atoms in total. The fourth-order valence-electron chi connectivity index (χ4n) is 2.82. The van der Waals surface area contributed by atoms with Crippen molar-refractivity contribution in [2.24, 2.45) is 0 Å². The van der Waals surface area contributed by atoms with Crippen LogP contribution in [-0.4, -0.2) is 74.3 Å². The molecular formula is C16H30BO7PS. The van der Waals surface area contributed by atoms with Gasteiger partial charge in [0.05, 0.1) is 38.5 Å². The minimum absolute atomic E-state index is 0.00702. The van der Waals surface area contributed by atoms with E-state index in [1.807, 2.05) is 27.7 Å². The second-order valence-electron chi connectivity index (χ2n) is 7.04. The molecule has 3 unspecified atom stereocenters. The summed E-state index contributed by atoms with van der Waals surface area (Å²) in [7, 11) is 5.80. The Balaban J connectivity index is 1.87. The molecule has 2 heterocycles. The molecule has 0 spiro atoms. The van der Waals surface area contributed by atoms with Gasteiger partial charge in [0.25, 0.3) is 0 Å². The average molecular weight is 410 g/mol. The average Bonchev–Trinajstić information content (AvgIpc) is 3.04. The summed E-state index contributed by atoms with van der Waals surface area (Å²) in [6.45, 7) is 3.22. The van der Waals surface area contributed by atoms with Crippen LogP contribution in [0.3, 0.4) is 0 Å². The van der Waals surface area contributed by atoms with E-state index < -0.39 is 37.7 Å². The number of rotatable bonds is 10. The van der Waals surface area contributed by atoms with E-state index in [-0.39, 0.29) is 30.7 Å². The fraction of sp³-hybridized carbons (Fsp3) is 1.00. The van der Waals surface area contributed by atoms with E-state index in [4.69, 9.17) is 32.7 Å². The lowest BCUT2D eigenvalue weighted by Gasteiger charge is -2.24. The smallest absolute Gasteiger partial charge is 0.380 e. The Morgan fingerprint density at radius 1 is 1.31 bits per heavy atom. The minimum Gasteiger partial charge on any atom is -0.380 e. The van der Waals surface area contributed by atoms with Crippen molar-refractivity contribution >= 4 is 26.0 Å². The normalized spacial score (nSPS) is 38.0. The van der Waals surface area contributed by atoms with Gasteiger partial charge in [-0.2, -0.15) is 0 Å². The molecule has 1 N–H and O–H groups in total. The monoisotopic (exact) mass is 410 g/mol. The van der Waals surface area contributed by atoms with Crippen LogP contribution in [0, 0.1) is 0 Å². The molecule has 2 aliphatic rings. The van der Waals surface area contributed by atoms with Crippen molar-refractivity contribution in [3.63, 3.8) is 0 Å². The Labute approximate surface area is 162 Å². The molecule has 0 amide bonds. The molecule has 2 saturated heterocycles. The van der Waals surface area contributed by atoms with E-state index in [1.54, 1.807) is 0 Å². The summed E-state index contributed by atoms with van der Waals surface area (Å²) in [5.41, 5.74) is 0. The van der Waals surface area contributed by atoms with Gasteiger partial charge in [-0.1, -0.05) is 0 Å². The van der Waals surface area contributed by atoms with Gasteiger partial charge in [-0.3, -0.25) is 4.52 Å². The molecule has 0 aromatic heterocycles. The molecule has 2 radical (unpaired) electrons. The molecule has 2 aliphatic heterocycles. The lowest BCUT2D eigenvalue weighted by atomic mass is 9.96. The van der Waals surface area contributed by atoms with Gasteiger partial charge >= 0.3 is 6.80 Å². The third kappa shape index (κ3) is 7.43. The van der Waals surface area contributed by atoms with E-state index in [1.165, 1.54) is 0 Å². The maximum absolute atomic E-state index is 12.5. The number of hydrogen-bond donors (Lipinski definition) is 1. The molecule has 2 fully saturated rings. The molecule has 2 rings (SSSR count). The van der Waals surface area contributed by atoms with Crippen LogP contribution in [0.1, 0.15) is 41.9 Å². The van der Waals surface area contributed by atoms with Crippen molar-refractivity contribution in [3.05, 3.63) is 0 Å². The maximum Gasteiger partial charge on any atom is 0.387 e. The lowest BCUT2D eigenvalue weighted by molar-refractivity contribution is -0.0422. The van der Waals surface area contributed by atoms with Crippen LogP contribution >= 0.6 is 18.2 Å². The van der Waals surface area contributed by atoms with Gasteiger partial charge in [0.1, 0.15) is 14.0 Å². The first-order valence-electron chi connectivity index (χ1n) is 9.55. The number of ether oxygens (including phenoxy) is 4. The molecule has 0 saturated carbocycles. The molecule has 150 valence electrons. The molecule has 0 aliphatic carbocycles. The van der Waals surface area contributed by atoms with Gasteiger partial charge in [0.15, 0.2) is 0 Å². The maximum atomic E-state index is 12.5. The van der Waals surface area contributed by atoms with Crippen molar-refractivity contribution in [1.29, 1.82) is 0 Å². The van der Waals surface area contributed by atoms with Gasteiger partial charge in [0.2, 0.25) is 0 Å². The van der Waals surface area contributed by atoms with Crippen LogP contribution in [0.25, 0.3) is 0 Å². The van der Waals surface area contributed by atoms with Crippen LogP contribution in [-0.2, 0) is 28.0 Å². The van der Waals surface area contributed by atoms with E-state index >= 15 is 0 Å². The van der Waals surface area contributed by atoms with Crippen LogP contribution in [0.4, 0.5) is 0 Å². The van der Waals surface area contributed by atoms with E-state index in [9.17, 15) is 9.46 Å². The summed E-state index contributed by atoms with van der Waals surface area (Å²) in [5.74, 6) is 0.202. The highest BCUT2D eigenvalue weighted by Gasteiger charge is 2.40. The molecule has 7 atom stereocenters. The molecule has 0 aromatic carbocycles. The van der Waals surface area contributed by atoms with Gasteiger partial charge in [-0.05, 0) is 51.9 Å². The molecule has 26 heavy (non-hydrogen) atoms. The summed E-state index contributed by atoms with van der Waals surface area (Å²) in [4.78, 5) is 10.3. The minimum atomic E-state index is -3.96. The number of hydrogen-bond acceptors (Lipinski definition) is 7. The highest BCUT2D eigenvalue weighted by molar-refractivity contribution is 8.54. The van der Waals surface area contributed by atoms with E-state index in [2.05, 4.69) is 0 Å². The van der Waals surface area contributed by atoms with E-state index in [0.29, 0.717) is 12.8 Å². The SMILES string of the molecule is [3H][C@H]1CC(OC(C)C)[C@@H](CSP(=O)(O)OC2C[C@H]([B])O[C@@H]2COC(C)C)O1. The predicted molar refractivity (Wildman–Crippen MR) is 102 cm³/mol. The predicted octanol–water partition coefficient (Wildman–Crippen LogP) is 2.50. The third-order valence-electron chi connectivity index (χ3n) is 3.95. The quantitative estimate of drug-likeness (QED) is 0.435. The summed E-state index contributed by atoms with van der Waals surface area (Å²) in [6.07, 6.45) is -1.02. The highest BCUT2D eigenvalue weighted by atomic mass is 32.7. The Morgan fingerprint density at radius 3 is 2.69 bits per heavy atom. The van der Waals surface area contributed by atoms with Gasteiger partial charge < -0.3 is 23.8 Å². The highest BCUT2D eigenvalue weighted by Crippen LogP contribution is 2.58. The molecule has 0 aromatic rings. The largest absolute Gasteiger partial charge is 0.387 e. The lowest BCUT2D eigenvalue weighted by Crippen LogP contribution is -2.30. The van der Waals surface area contributed by atoms with Gasteiger partial charge in [-0.25, -0.2) is 4.57 Å². The first-order valence-corrected chi connectivity index (χ1v) is 12.1. The zero-order valence-electron chi connectivity index (χ0n) is 16.8. The second kappa shape index (κ2) is 10.3. The molecular weight excluding hydrogens is 378 g/mol. The fourth-order valence-corrected chi connectivity index (χ4v) is 5.59. The van der Waals surface area contributed by atoms with Crippen molar-refractivity contribution in [1.82, 2.24) is 0 Å². The Bertz CT molecular complexity index is 515. The van der Waals surface area contributed by atoms with Crippen LogP contribution < -0.4 is 0 Å². The first-order chi connectivity index (χ1) is 12.6. The van der Waals surface area contributed by atoms with Gasteiger partial charge in [-0.15, -0.1) is 0 Å². The summed E-state index contributed by atoms with van der Waals surface area (Å²) >= 11 is 0.787. The zero-order chi connectivity index (χ0) is 20.2. The zero-order valence-corrected chi connectivity index (χ0v) is 17.5. The van der Waals surface area contributed by atoms with Gasteiger partial charge in [0, 0.05) is 18.3 Å². The van der Waals surface area contributed by atoms with Crippen LogP contribution in [0.15, 0.2) is 0 Å². The molecule has 10 heteroatoms. The standard InChI is InChI=1S/C16H30BO7PS/c1-10(2)21-8-14-13(7-16(17)23-14)24-25(18,19)26-9-15-12(5-6-20-15)22-11(3)4/h10-16H,5-9H2,1-4H3,(H,18,19)/t12?,13?,14-,15-,16-/m1/s1/i6T/t6-,12?,13?,14+,15+,16+/m0. The van der Waals surface area contributed by atoms with Crippen molar-refractivity contribution in [2.75, 3.05) is 18.9 Å². The Morgan fingerprint density at radius 2 is 2.04 bits per heavy atom. The van der Waals surface area contributed by atoms with Crippen LogP contribution in [0.5, 0.6) is 0 Å². The Hall–Kier alpha value is 0.405. The summed E-state index contributed by atoms with van der Waals surface area (Å²) < 4.78 is 48.1. The summed E-state index contributed by atoms with van der Waals surface area (Å²) in [5, 5.41) is 0. The van der Waals surface area contributed by atoms with Crippen LogP contribution in [0.2, 0.25) is 0 Å². The summed E-state index contributed by atoms with van der Waals surface area (Å²) in [6, 6.07) is -0.549. The van der Waals surface area contributed by atoms with Crippen molar-refractivity contribution < 1.29 is 34.3 Å².